The van der Waals surface area contributed by atoms with Crippen LogP contribution in [0.5, 0.6) is 5.75 Å². The molecule has 0 spiro atoms. The minimum atomic E-state index is -0.232. The van der Waals surface area contributed by atoms with Gasteiger partial charge in [0.1, 0.15) is 11.6 Å². The van der Waals surface area contributed by atoms with E-state index in [-0.39, 0.29) is 16.6 Å². The van der Waals surface area contributed by atoms with E-state index in [9.17, 15) is 9.50 Å². The molecule has 0 saturated heterocycles. The molecule has 0 radical (unpaired) electrons. The zero-order valence-electron chi connectivity index (χ0n) is 16.3. The summed E-state index contributed by atoms with van der Waals surface area (Å²) in [5.41, 5.74) is 3.44. The van der Waals surface area contributed by atoms with Gasteiger partial charge in [0.15, 0.2) is 0 Å². The maximum Gasteiger partial charge on any atom is 0.123 e. The molecule has 26 heavy (non-hydrogen) atoms. The number of thioether (sulfide) groups is 1. The molecule has 0 unspecified atom stereocenters. The third-order valence-corrected chi connectivity index (χ3v) is 5.81. The zero-order chi connectivity index (χ0) is 19.7. The number of hydrogen-bond donors (Lipinski definition) is 1. The Labute approximate surface area is 166 Å². The van der Waals surface area contributed by atoms with Crippen LogP contribution in [0.2, 0.25) is 0 Å². The maximum atomic E-state index is 13.0. The van der Waals surface area contributed by atoms with E-state index in [0.717, 1.165) is 26.5 Å². The smallest absolute Gasteiger partial charge is 0.123 e. The molecule has 0 heterocycles. The third-order valence-electron chi connectivity index (χ3n) is 4.24. The minimum Gasteiger partial charge on any atom is -0.507 e. The summed E-state index contributed by atoms with van der Waals surface area (Å²) in [5.74, 6) is 0.819. The summed E-state index contributed by atoms with van der Waals surface area (Å²) in [6.45, 7) is 12.5. The van der Waals surface area contributed by atoms with Crippen LogP contribution in [-0.2, 0) is 16.6 Å². The second kappa shape index (κ2) is 7.69. The zero-order valence-corrected chi connectivity index (χ0v) is 17.9. The Morgan fingerprint density at radius 3 is 1.85 bits per heavy atom. The highest BCUT2D eigenvalue weighted by Gasteiger charge is 2.27. The minimum absolute atomic E-state index is 0.183. The van der Waals surface area contributed by atoms with Crippen molar-refractivity contribution in [3.8, 4) is 5.75 Å². The van der Waals surface area contributed by atoms with Crippen molar-refractivity contribution in [3.05, 3.63) is 64.5 Å². The van der Waals surface area contributed by atoms with Crippen molar-refractivity contribution in [2.24, 2.45) is 0 Å². The third kappa shape index (κ3) is 5.08. The van der Waals surface area contributed by atoms with Gasteiger partial charge in [-0.05, 0) is 46.2 Å². The van der Waals surface area contributed by atoms with E-state index in [1.165, 1.54) is 12.1 Å². The lowest BCUT2D eigenvalue weighted by Gasteiger charge is -2.28. The summed E-state index contributed by atoms with van der Waals surface area (Å²) >= 11 is 7.22. The largest absolute Gasteiger partial charge is 0.507 e. The molecule has 0 atom stereocenters. The van der Waals surface area contributed by atoms with Crippen LogP contribution in [0.15, 0.2) is 36.4 Å². The number of benzene rings is 2. The van der Waals surface area contributed by atoms with Crippen molar-refractivity contribution in [1.82, 2.24) is 0 Å². The summed E-state index contributed by atoms with van der Waals surface area (Å²) < 4.78 is 13.8. The first kappa shape index (κ1) is 20.9. The molecule has 0 aliphatic heterocycles. The van der Waals surface area contributed by atoms with Gasteiger partial charge in [0.05, 0.1) is 4.20 Å². The SMILES string of the molecule is CC(C)(C)c1cc(C(=S)SCc2ccc(F)cc2)cc(C(C)(C)C)c1O. The lowest BCUT2D eigenvalue weighted by atomic mass is 9.78. The molecule has 0 aromatic heterocycles. The van der Waals surface area contributed by atoms with Gasteiger partial charge in [0.2, 0.25) is 0 Å². The number of phenols is 1. The van der Waals surface area contributed by atoms with Gasteiger partial charge in [0.25, 0.3) is 0 Å². The van der Waals surface area contributed by atoms with Crippen LogP contribution in [0, 0.1) is 5.82 Å². The van der Waals surface area contributed by atoms with Gasteiger partial charge in [-0.25, -0.2) is 4.39 Å². The molecular formula is C22H27FOS2. The molecule has 0 amide bonds. The second-order valence-corrected chi connectivity index (χ2v) is 10.3. The maximum absolute atomic E-state index is 13.0. The second-order valence-electron chi connectivity index (χ2n) is 8.62. The molecule has 0 aliphatic rings. The van der Waals surface area contributed by atoms with Gasteiger partial charge in [-0.15, -0.1) is 11.8 Å². The van der Waals surface area contributed by atoms with Gasteiger partial charge in [-0.3, -0.25) is 0 Å². The fourth-order valence-corrected chi connectivity index (χ4v) is 3.78. The number of rotatable bonds is 3. The van der Waals surface area contributed by atoms with Gasteiger partial charge in [-0.1, -0.05) is 65.9 Å². The molecule has 0 saturated carbocycles. The Bertz CT molecular complexity index is 761. The Kier molecular flexibility index (Phi) is 6.19. The van der Waals surface area contributed by atoms with E-state index >= 15 is 0 Å². The Balaban J connectivity index is 2.35. The van der Waals surface area contributed by atoms with Crippen molar-refractivity contribution >= 4 is 28.2 Å². The van der Waals surface area contributed by atoms with Gasteiger partial charge < -0.3 is 5.11 Å². The van der Waals surface area contributed by atoms with Crippen molar-refractivity contribution < 1.29 is 9.50 Å². The van der Waals surface area contributed by atoms with Crippen molar-refractivity contribution in [2.45, 2.75) is 58.1 Å². The van der Waals surface area contributed by atoms with Gasteiger partial charge in [-0.2, -0.15) is 0 Å². The van der Waals surface area contributed by atoms with Crippen LogP contribution in [-0.4, -0.2) is 9.30 Å². The van der Waals surface area contributed by atoms with Crippen molar-refractivity contribution in [2.75, 3.05) is 0 Å². The average molecular weight is 391 g/mol. The molecule has 140 valence electrons. The number of halogens is 1. The van der Waals surface area contributed by atoms with Crippen LogP contribution < -0.4 is 0 Å². The summed E-state index contributed by atoms with van der Waals surface area (Å²) in [7, 11) is 0. The number of phenolic OH excluding ortho intramolecular Hbond substituents is 1. The van der Waals surface area contributed by atoms with Gasteiger partial charge >= 0.3 is 0 Å². The van der Waals surface area contributed by atoms with Crippen LogP contribution in [0.1, 0.15) is 63.8 Å². The highest BCUT2D eigenvalue weighted by Crippen LogP contribution is 2.40. The first-order chi connectivity index (χ1) is 11.9. The molecule has 2 aromatic carbocycles. The molecule has 0 fully saturated rings. The molecule has 4 heteroatoms. The predicted octanol–water partition coefficient (Wildman–Crippen LogP) is 6.74. The van der Waals surface area contributed by atoms with Crippen LogP contribution in [0.3, 0.4) is 0 Å². The molecule has 2 rings (SSSR count). The van der Waals surface area contributed by atoms with Gasteiger partial charge in [0, 0.05) is 16.9 Å². The van der Waals surface area contributed by atoms with E-state index in [0.29, 0.717) is 11.5 Å². The number of aromatic hydroxyl groups is 1. The van der Waals surface area contributed by atoms with Crippen LogP contribution >= 0.6 is 24.0 Å². The van der Waals surface area contributed by atoms with E-state index in [2.05, 4.69) is 41.5 Å². The quantitative estimate of drug-likeness (QED) is 0.586. The highest BCUT2D eigenvalue weighted by atomic mass is 32.2. The molecule has 0 bridgehead atoms. The highest BCUT2D eigenvalue weighted by molar-refractivity contribution is 8.23. The molecule has 1 nitrogen and oxygen atoms in total. The lowest BCUT2D eigenvalue weighted by Crippen LogP contribution is -2.18. The lowest BCUT2D eigenvalue weighted by molar-refractivity contribution is 0.423. The molecule has 0 aliphatic carbocycles. The fourth-order valence-electron chi connectivity index (χ4n) is 2.71. The van der Waals surface area contributed by atoms with Crippen LogP contribution in [0.25, 0.3) is 0 Å². The number of thiocarbonyl (C=S) groups is 1. The monoisotopic (exact) mass is 390 g/mol. The molecule has 2 aromatic rings. The molecule has 1 N–H and O–H groups in total. The fraction of sp³-hybridized carbons (Fsp3) is 0.409. The first-order valence-corrected chi connectivity index (χ1v) is 10.1. The van der Waals surface area contributed by atoms with E-state index < -0.39 is 0 Å². The van der Waals surface area contributed by atoms with E-state index in [1.807, 2.05) is 12.1 Å². The normalized spacial score (nSPS) is 12.3. The predicted molar refractivity (Wildman–Crippen MR) is 115 cm³/mol. The van der Waals surface area contributed by atoms with Crippen molar-refractivity contribution in [1.29, 1.82) is 0 Å². The Morgan fingerprint density at radius 2 is 1.42 bits per heavy atom. The first-order valence-electron chi connectivity index (χ1n) is 8.69. The standard InChI is InChI=1S/C22H27FOS2/c1-21(2,3)17-11-15(12-18(19(17)24)22(4,5)6)20(25)26-13-14-7-9-16(23)10-8-14/h7-12,24H,13H2,1-6H3. The van der Waals surface area contributed by atoms with E-state index in [4.69, 9.17) is 12.2 Å². The van der Waals surface area contributed by atoms with Crippen LogP contribution in [0.4, 0.5) is 4.39 Å². The summed E-state index contributed by atoms with van der Waals surface area (Å²) in [4.78, 5) is 0. The topological polar surface area (TPSA) is 20.2 Å². The van der Waals surface area contributed by atoms with E-state index in [1.54, 1.807) is 23.9 Å². The Hall–Kier alpha value is -1.39. The van der Waals surface area contributed by atoms with Crippen molar-refractivity contribution in [3.63, 3.8) is 0 Å². The summed E-state index contributed by atoms with van der Waals surface area (Å²) in [6, 6.07) is 10.5. The summed E-state index contributed by atoms with van der Waals surface area (Å²) in [6.07, 6.45) is 0. The number of hydrogen-bond acceptors (Lipinski definition) is 3. The Morgan fingerprint density at radius 1 is 0.962 bits per heavy atom. The average Bonchev–Trinajstić information content (AvgIpc) is 2.52. The molecular weight excluding hydrogens is 363 g/mol. The summed E-state index contributed by atoms with van der Waals surface area (Å²) in [5, 5.41) is 10.8.